The zero-order valence-electron chi connectivity index (χ0n) is 5.62. The summed E-state index contributed by atoms with van der Waals surface area (Å²) in [5.74, 6) is 0.454. The lowest BCUT2D eigenvalue weighted by atomic mass is 10.5. The first-order chi connectivity index (χ1) is 5.75. The van der Waals surface area contributed by atoms with Gasteiger partial charge in [0.1, 0.15) is 0 Å². The maximum atomic E-state index is 5.47. The van der Waals surface area contributed by atoms with Crippen LogP contribution in [0.1, 0.15) is 0 Å². The zero-order chi connectivity index (χ0) is 8.55. The topological polar surface area (TPSA) is 38.9 Å². The molecule has 2 rings (SSSR count). The zero-order valence-corrected chi connectivity index (χ0v) is 8.78. The Balaban J connectivity index is 2.43. The van der Waals surface area contributed by atoms with Crippen LogP contribution in [0.25, 0.3) is 10.8 Å². The summed E-state index contributed by atoms with van der Waals surface area (Å²) in [4.78, 5) is 0.904. The van der Waals surface area contributed by atoms with E-state index in [-0.39, 0.29) is 5.35 Å². The summed E-state index contributed by atoms with van der Waals surface area (Å²) >= 11 is 10.3. The van der Waals surface area contributed by atoms with Gasteiger partial charge in [-0.1, -0.05) is 5.10 Å². The van der Waals surface area contributed by atoms with Crippen molar-refractivity contribution in [2.75, 3.05) is 0 Å². The molecule has 6 heteroatoms. The van der Waals surface area contributed by atoms with Crippen molar-refractivity contribution >= 4 is 38.9 Å². The fourth-order valence-electron chi connectivity index (χ4n) is 0.734. The summed E-state index contributed by atoms with van der Waals surface area (Å²) in [6, 6.07) is 3.80. The van der Waals surface area contributed by atoms with Gasteiger partial charge in [-0.05, 0) is 39.7 Å². The highest BCUT2D eigenvalue weighted by Gasteiger charge is 2.08. The van der Waals surface area contributed by atoms with Crippen LogP contribution in [0, 0.1) is 0 Å². The molecule has 62 valence electrons. The highest BCUT2D eigenvalue weighted by atomic mass is 79.9. The molecule has 0 saturated carbocycles. The van der Waals surface area contributed by atoms with E-state index in [1.807, 2.05) is 12.1 Å². The van der Waals surface area contributed by atoms with E-state index in [2.05, 4.69) is 26.1 Å². The van der Waals surface area contributed by atoms with Gasteiger partial charge in [0.05, 0.1) is 8.66 Å². The summed E-state index contributed by atoms with van der Waals surface area (Å²) in [5, 5.41) is 7.35. The average Bonchev–Trinajstić information content (AvgIpc) is 2.58. The van der Waals surface area contributed by atoms with Crippen LogP contribution in [0.2, 0.25) is 5.35 Å². The minimum absolute atomic E-state index is 0.0644. The van der Waals surface area contributed by atoms with Crippen LogP contribution in [0.3, 0.4) is 0 Å². The minimum Gasteiger partial charge on any atom is -0.407 e. The van der Waals surface area contributed by atoms with Gasteiger partial charge in [0, 0.05) is 0 Å². The molecule has 2 aromatic rings. The van der Waals surface area contributed by atoms with E-state index in [0.717, 1.165) is 8.66 Å². The lowest BCUT2D eigenvalue weighted by Crippen LogP contribution is -1.69. The van der Waals surface area contributed by atoms with Gasteiger partial charge in [-0.15, -0.1) is 16.4 Å². The third-order valence-corrected chi connectivity index (χ3v) is 2.95. The molecule has 3 nitrogen and oxygen atoms in total. The maximum absolute atomic E-state index is 5.47. The Kier molecular flexibility index (Phi) is 2.16. The number of thiophene rings is 1. The van der Waals surface area contributed by atoms with E-state index in [1.165, 1.54) is 11.3 Å². The van der Waals surface area contributed by atoms with Crippen molar-refractivity contribution in [3.8, 4) is 10.8 Å². The molecular weight excluding hydrogens is 264 g/mol. The molecule has 0 aromatic carbocycles. The highest BCUT2D eigenvalue weighted by molar-refractivity contribution is 9.11. The molecule has 0 atom stereocenters. The molecule has 0 unspecified atom stereocenters. The predicted molar refractivity (Wildman–Crippen MR) is 50.3 cm³/mol. The average molecular weight is 266 g/mol. The SMILES string of the molecule is Clc1nnc(-c2ccc(Br)s2)o1. The van der Waals surface area contributed by atoms with Gasteiger partial charge in [0.25, 0.3) is 5.89 Å². The maximum Gasteiger partial charge on any atom is 0.313 e. The molecule has 0 aliphatic rings. The molecule has 0 saturated heterocycles. The van der Waals surface area contributed by atoms with Crippen molar-refractivity contribution in [1.29, 1.82) is 0 Å². The van der Waals surface area contributed by atoms with Crippen molar-refractivity contribution < 1.29 is 4.42 Å². The predicted octanol–water partition coefficient (Wildman–Crippen LogP) is 3.21. The molecule has 0 radical (unpaired) electrons. The Morgan fingerprint density at radius 1 is 1.42 bits per heavy atom. The molecule has 0 N–H and O–H groups in total. The largest absolute Gasteiger partial charge is 0.407 e. The summed E-state index contributed by atoms with van der Waals surface area (Å²) in [7, 11) is 0. The fraction of sp³-hybridized carbons (Fsp3) is 0. The van der Waals surface area contributed by atoms with Gasteiger partial charge in [-0.25, -0.2) is 0 Å². The van der Waals surface area contributed by atoms with E-state index in [9.17, 15) is 0 Å². The van der Waals surface area contributed by atoms with Gasteiger partial charge in [0.2, 0.25) is 0 Å². The highest BCUT2D eigenvalue weighted by Crippen LogP contribution is 2.30. The second-order valence-electron chi connectivity index (χ2n) is 1.96. The number of rotatable bonds is 1. The second-order valence-corrected chi connectivity index (χ2v) is 4.75. The Hall–Kier alpha value is -0.390. The number of hydrogen-bond acceptors (Lipinski definition) is 4. The van der Waals surface area contributed by atoms with Crippen molar-refractivity contribution in [1.82, 2.24) is 10.2 Å². The Bertz CT molecular complexity index is 361. The number of nitrogens with zero attached hydrogens (tertiary/aromatic N) is 2. The van der Waals surface area contributed by atoms with E-state index < -0.39 is 0 Å². The third kappa shape index (κ3) is 1.53. The third-order valence-electron chi connectivity index (χ3n) is 1.18. The van der Waals surface area contributed by atoms with E-state index in [1.54, 1.807) is 0 Å². The monoisotopic (exact) mass is 264 g/mol. The van der Waals surface area contributed by atoms with E-state index in [4.69, 9.17) is 16.0 Å². The first-order valence-corrected chi connectivity index (χ1v) is 4.99. The molecular formula is C6H2BrClN2OS. The van der Waals surface area contributed by atoms with Crippen LogP contribution in [0.15, 0.2) is 20.3 Å². The second kappa shape index (κ2) is 3.16. The van der Waals surface area contributed by atoms with Crippen LogP contribution in [-0.2, 0) is 0 Å². The number of halogens is 2. The summed E-state index contributed by atoms with van der Waals surface area (Å²) < 4.78 is 6.04. The van der Waals surface area contributed by atoms with Gasteiger partial charge in [0.15, 0.2) is 0 Å². The molecule has 0 fully saturated rings. The van der Waals surface area contributed by atoms with E-state index >= 15 is 0 Å². The lowest BCUT2D eigenvalue weighted by Gasteiger charge is -1.82. The minimum atomic E-state index is 0.0644. The van der Waals surface area contributed by atoms with Crippen molar-refractivity contribution in [2.45, 2.75) is 0 Å². The van der Waals surface area contributed by atoms with Crippen LogP contribution in [-0.4, -0.2) is 10.2 Å². The Labute approximate surface area is 85.5 Å². The normalized spacial score (nSPS) is 10.5. The van der Waals surface area contributed by atoms with Gasteiger partial charge < -0.3 is 4.42 Å². The lowest BCUT2D eigenvalue weighted by molar-refractivity contribution is 0.572. The molecule has 2 heterocycles. The van der Waals surface area contributed by atoms with Crippen LogP contribution in [0.4, 0.5) is 0 Å². The van der Waals surface area contributed by atoms with Crippen molar-refractivity contribution in [2.24, 2.45) is 0 Å². The molecule has 0 amide bonds. The van der Waals surface area contributed by atoms with Gasteiger partial charge in [-0.3, -0.25) is 0 Å². The smallest absolute Gasteiger partial charge is 0.313 e. The molecule has 0 spiro atoms. The summed E-state index contributed by atoms with van der Waals surface area (Å²) in [6.45, 7) is 0. The summed E-state index contributed by atoms with van der Waals surface area (Å²) in [6.07, 6.45) is 0. The number of hydrogen-bond donors (Lipinski definition) is 0. The summed E-state index contributed by atoms with van der Waals surface area (Å²) in [5.41, 5.74) is 0. The Morgan fingerprint density at radius 3 is 2.75 bits per heavy atom. The fourth-order valence-corrected chi connectivity index (χ4v) is 2.15. The van der Waals surface area contributed by atoms with Crippen LogP contribution in [0.5, 0.6) is 0 Å². The van der Waals surface area contributed by atoms with Crippen LogP contribution >= 0.6 is 38.9 Å². The first-order valence-electron chi connectivity index (χ1n) is 3.00. The number of aromatic nitrogens is 2. The molecule has 0 aliphatic carbocycles. The standard InChI is InChI=1S/C6H2BrClN2OS/c7-4-2-1-3(12-4)5-9-10-6(8)11-5/h1-2H. The van der Waals surface area contributed by atoms with Gasteiger partial charge in [-0.2, -0.15) is 0 Å². The molecule has 12 heavy (non-hydrogen) atoms. The van der Waals surface area contributed by atoms with Crippen molar-refractivity contribution in [3.05, 3.63) is 21.3 Å². The molecule has 2 aromatic heterocycles. The van der Waals surface area contributed by atoms with Crippen LogP contribution < -0.4 is 0 Å². The quantitative estimate of drug-likeness (QED) is 0.795. The van der Waals surface area contributed by atoms with Gasteiger partial charge >= 0.3 is 5.35 Å². The van der Waals surface area contributed by atoms with Crippen molar-refractivity contribution in [3.63, 3.8) is 0 Å². The van der Waals surface area contributed by atoms with E-state index in [0.29, 0.717) is 5.89 Å². The molecule has 0 bridgehead atoms. The Morgan fingerprint density at radius 2 is 2.25 bits per heavy atom. The first kappa shape index (κ1) is 8.22. The molecule has 0 aliphatic heterocycles.